The summed E-state index contributed by atoms with van der Waals surface area (Å²) in [4.78, 5) is 0.712. The van der Waals surface area contributed by atoms with Crippen molar-refractivity contribution in [3.8, 4) is 5.75 Å². The first-order valence-corrected chi connectivity index (χ1v) is 6.08. The maximum absolute atomic E-state index is 13.2. The Hall–Kier alpha value is -1.10. The predicted octanol–water partition coefficient (Wildman–Crippen LogP) is 3.63. The summed E-state index contributed by atoms with van der Waals surface area (Å²) in [5, 5.41) is 10.1. The summed E-state index contributed by atoms with van der Waals surface area (Å²) in [5.41, 5.74) is 0.571. The fourth-order valence-electron chi connectivity index (χ4n) is 1.49. The minimum atomic E-state index is -0.818. The smallest absolute Gasteiger partial charge is 0.165 e. The minimum Gasteiger partial charge on any atom is -0.494 e. The van der Waals surface area contributed by atoms with E-state index in [1.807, 2.05) is 0 Å². The standard InChI is InChI=1S/C12H10ClFO2S/c1-16-9-6-7(2-3-8(9)14)12(15)10-4-5-11(13)17-10/h2-6,12,15H,1H3. The van der Waals surface area contributed by atoms with Gasteiger partial charge >= 0.3 is 0 Å². The number of benzene rings is 1. The number of methoxy groups -OCH3 is 1. The molecule has 1 atom stereocenters. The fraction of sp³-hybridized carbons (Fsp3) is 0.167. The largest absolute Gasteiger partial charge is 0.494 e. The lowest BCUT2D eigenvalue weighted by Gasteiger charge is -2.10. The van der Waals surface area contributed by atoms with Gasteiger partial charge in [0.2, 0.25) is 0 Å². The van der Waals surface area contributed by atoms with Gasteiger partial charge in [0.25, 0.3) is 0 Å². The molecular formula is C12H10ClFO2S. The molecule has 2 aromatic rings. The minimum absolute atomic E-state index is 0.115. The third-order valence-electron chi connectivity index (χ3n) is 2.35. The monoisotopic (exact) mass is 272 g/mol. The van der Waals surface area contributed by atoms with Gasteiger partial charge in [-0.2, -0.15) is 0 Å². The number of hydrogen-bond donors (Lipinski definition) is 1. The Morgan fingerprint density at radius 1 is 1.35 bits per heavy atom. The summed E-state index contributed by atoms with van der Waals surface area (Å²) in [5.74, 6) is -0.336. The second-order valence-electron chi connectivity index (χ2n) is 3.44. The normalized spacial score (nSPS) is 12.5. The molecule has 0 aliphatic rings. The molecule has 0 bridgehead atoms. The van der Waals surface area contributed by atoms with Crippen LogP contribution in [0, 0.1) is 5.82 Å². The molecule has 0 fully saturated rings. The van der Waals surface area contributed by atoms with Gasteiger partial charge in [0.15, 0.2) is 11.6 Å². The van der Waals surface area contributed by atoms with Gasteiger partial charge in [0.1, 0.15) is 6.10 Å². The SMILES string of the molecule is COc1cc(C(O)c2ccc(Cl)s2)ccc1F. The highest BCUT2D eigenvalue weighted by Crippen LogP contribution is 2.32. The molecule has 0 saturated heterocycles. The zero-order valence-electron chi connectivity index (χ0n) is 8.98. The van der Waals surface area contributed by atoms with Crippen molar-refractivity contribution in [1.29, 1.82) is 0 Å². The van der Waals surface area contributed by atoms with E-state index >= 15 is 0 Å². The topological polar surface area (TPSA) is 29.5 Å². The van der Waals surface area contributed by atoms with Crippen LogP contribution in [0.15, 0.2) is 30.3 Å². The highest BCUT2D eigenvalue weighted by atomic mass is 35.5. The molecular weight excluding hydrogens is 263 g/mol. The van der Waals surface area contributed by atoms with Crippen LogP contribution < -0.4 is 4.74 Å². The molecule has 0 saturated carbocycles. The van der Waals surface area contributed by atoms with Gasteiger partial charge in [-0.3, -0.25) is 0 Å². The molecule has 5 heteroatoms. The second-order valence-corrected chi connectivity index (χ2v) is 5.19. The molecule has 1 aromatic heterocycles. The Bertz CT molecular complexity index is 527. The summed E-state index contributed by atoms with van der Waals surface area (Å²) in [7, 11) is 1.39. The van der Waals surface area contributed by atoms with Crippen LogP contribution in [0.5, 0.6) is 5.75 Å². The van der Waals surface area contributed by atoms with Crippen LogP contribution in [0.1, 0.15) is 16.5 Å². The first-order chi connectivity index (χ1) is 8.11. The van der Waals surface area contributed by atoms with E-state index in [9.17, 15) is 9.50 Å². The molecule has 0 aliphatic carbocycles. The molecule has 0 amide bonds. The fourth-order valence-corrected chi connectivity index (χ4v) is 2.56. The van der Waals surface area contributed by atoms with Gasteiger partial charge < -0.3 is 9.84 Å². The van der Waals surface area contributed by atoms with Gasteiger partial charge in [-0.25, -0.2) is 4.39 Å². The third kappa shape index (κ3) is 2.60. The highest BCUT2D eigenvalue weighted by Gasteiger charge is 2.15. The van der Waals surface area contributed by atoms with E-state index < -0.39 is 11.9 Å². The van der Waals surface area contributed by atoms with Gasteiger partial charge in [-0.1, -0.05) is 17.7 Å². The first kappa shape index (κ1) is 12.4. The summed E-state index contributed by atoms with van der Waals surface area (Å²) in [6.45, 7) is 0. The van der Waals surface area contributed by atoms with E-state index in [0.717, 1.165) is 0 Å². The van der Waals surface area contributed by atoms with Crippen LogP contribution in [-0.4, -0.2) is 12.2 Å². The van der Waals surface area contributed by atoms with Crippen LogP contribution in [0.2, 0.25) is 4.34 Å². The van der Waals surface area contributed by atoms with Gasteiger partial charge in [0.05, 0.1) is 11.4 Å². The maximum atomic E-state index is 13.2. The third-order valence-corrected chi connectivity index (χ3v) is 3.64. The molecule has 2 nitrogen and oxygen atoms in total. The lowest BCUT2D eigenvalue weighted by atomic mass is 10.1. The van der Waals surface area contributed by atoms with Crippen molar-refractivity contribution in [2.75, 3.05) is 7.11 Å². The Labute approximate surface area is 107 Å². The Morgan fingerprint density at radius 3 is 2.71 bits per heavy atom. The molecule has 2 rings (SSSR count). The second kappa shape index (κ2) is 5.04. The van der Waals surface area contributed by atoms with Crippen LogP contribution in [-0.2, 0) is 0 Å². The van der Waals surface area contributed by atoms with Gasteiger partial charge in [0, 0.05) is 4.88 Å². The van der Waals surface area contributed by atoms with Crippen molar-refractivity contribution in [2.45, 2.75) is 6.10 Å². The van der Waals surface area contributed by atoms with Crippen molar-refractivity contribution in [3.05, 3.63) is 50.9 Å². The van der Waals surface area contributed by atoms with Crippen molar-refractivity contribution in [3.63, 3.8) is 0 Å². The van der Waals surface area contributed by atoms with Gasteiger partial charge in [-0.05, 0) is 29.8 Å². The molecule has 0 radical (unpaired) electrons. The zero-order chi connectivity index (χ0) is 12.4. The van der Waals surface area contributed by atoms with Crippen LogP contribution in [0.25, 0.3) is 0 Å². The quantitative estimate of drug-likeness (QED) is 0.924. The lowest BCUT2D eigenvalue weighted by Crippen LogP contribution is -1.98. The van der Waals surface area contributed by atoms with E-state index in [4.69, 9.17) is 16.3 Å². The maximum Gasteiger partial charge on any atom is 0.165 e. The van der Waals surface area contributed by atoms with Crippen molar-refractivity contribution in [1.82, 2.24) is 0 Å². The summed E-state index contributed by atoms with van der Waals surface area (Å²) in [6.07, 6.45) is -0.818. The average molecular weight is 273 g/mol. The van der Waals surface area contributed by atoms with Crippen molar-refractivity contribution < 1.29 is 14.2 Å². The number of aliphatic hydroxyl groups excluding tert-OH is 1. The molecule has 90 valence electrons. The number of hydrogen-bond acceptors (Lipinski definition) is 3. The van der Waals surface area contributed by atoms with Crippen LogP contribution in [0.3, 0.4) is 0 Å². The van der Waals surface area contributed by atoms with Crippen molar-refractivity contribution >= 4 is 22.9 Å². The van der Waals surface area contributed by atoms with Crippen LogP contribution in [0.4, 0.5) is 4.39 Å². The van der Waals surface area contributed by atoms with E-state index in [-0.39, 0.29) is 5.75 Å². The lowest BCUT2D eigenvalue weighted by molar-refractivity contribution is 0.223. The summed E-state index contributed by atoms with van der Waals surface area (Å²) in [6, 6.07) is 7.73. The molecule has 1 heterocycles. The molecule has 0 spiro atoms. The molecule has 17 heavy (non-hydrogen) atoms. The summed E-state index contributed by atoms with van der Waals surface area (Å²) >= 11 is 7.09. The molecule has 1 N–H and O–H groups in total. The predicted molar refractivity (Wildman–Crippen MR) is 66.3 cm³/mol. The Balaban J connectivity index is 2.34. The van der Waals surface area contributed by atoms with E-state index in [2.05, 4.69) is 0 Å². The number of aliphatic hydroxyl groups is 1. The average Bonchev–Trinajstić information content (AvgIpc) is 2.75. The van der Waals surface area contributed by atoms with Crippen LogP contribution >= 0.6 is 22.9 Å². The van der Waals surface area contributed by atoms with E-state index in [1.54, 1.807) is 12.1 Å². The molecule has 0 aliphatic heterocycles. The Kier molecular flexibility index (Phi) is 3.66. The Morgan fingerprint density at radius 2 is 2.12 bits per heavy atom. The highest BCUT2D eigenvalue weighted by molar-refractivity contribution is 7.16. The van der Waals surface area contributed by atoms with E-state index in [0.29, 0.717) is 14.8 Å². The number of ether oxygens (including phenoxy) is 1. The molecule has 1 aromatic carbocycles. The summed E-state index contributed by atoms with van der Waals surface area (Å²) < 4.78 is 18.7. The molecule has 1 unspecified atom stereocenters. The van der Waals surface area contributed by atoms with Gasteiger partial charge in [-0.15, -0.1) is 11.3 Å². The number of rotatable bonds is 3. The first-order valence-electron chi connectivity index (χ1n) is 4.88. The zero-order valence-corrected chi connectivity index (χ0v) is 10.6. The van der Waals surface area contributed by atoms with E-state index in [1.165, 1.54) is 36.6 Å². The number of halogens is 2. The number of thiophene rings is 1. The van der Waals surface area contributed by atoms with Crippen molar-refractivity contribution in [2.24, 2.45) is 0 Å².